The van der Waals surface area contributed by atoms with Crippen molar-refractivity contribution in [2.75, 3.05) is 45.6 Å². The number of anilines is 1. The third kappa shape index (κ3) is 4.37. The molecule has 2 aromatic heterocycles. The smallest absolute Gasteiger partial charge is 0.180 e. The predicted octanol–water partition coefficient (Wildman–Crippen LogP) is 2.37. The van der Waals surface area contributed by atoms with Gasteiger partial charge in [-0.1, -0.05) is 17.7 Å². The fourth-order valence-corrected chi connectivity index (χ4v) is 4.01. The maximum absolute atomic E-state index is 9.56. The summed E-state index contributed by atoms with van der Waals surface area (Å²) >= 11 is 6.07. The number of hydrogen-bond acceptors (Lipinski definition) is 7. The highest BCUT2D eigenvalue weighted by Crippen LogP contribution is 2.33. The van der Waals surface area contributed by atoms with E-state index < -0.39 is 0 Å². The minimum absolute atomic E-state index is 0.284. The lowest BCUT2D eigenvalue weighted by molar-refractivity contribution is 0.0780. The van der Waals surface area contributed by atoms with Crippen molar-refractivity contribution in [2.24, 2.45) is 0 Å². The molecule has 4 N–H and O–H groups in total. The predicted molar refractivity (Wildman–Crippen MR) is 119 cm³/mol. The molecule has 0 bridgehead atoms. The molecular weight excluding hydrogens is 404 g/mol. The summed E-state index contributed by atoms with van der Waals surface area (Å²) in [5.41, 5.74) is 9.65. The van der Waals surface area contributed by atoms with E-state index in [1.54, 1.807) is 7.11 Å². The number of methoxy groups -OCH3 is 1. The summed E-state index contributed by atoms with van der Waals surface area (Å²) in [4.78, 5) is 16.7. The Morgan fingerprint density at radius 3 is 2.70 bits per heavy atom. The quantitative estimate of drug-likeness (QED) is 0.551. The molecule has 1 aliphatic heterocycles. The second-order valence-electron chi connectivity index (χ2n) is 7.76. The Labute approximate surface area is 180 Å². The van der Waals surface area contributed by atoms with E-state index in [-0.39, 0.29) is 6.10 Å². The van der Waals surface area contributed by atoms with Gasteiger partial charge >= 0.3 is 0 Å². The number of aromatic nitrogens is 3. The molecule has 3 heterocycles. The molecule has 160 valence electrons. The van der Waals surface area contributed by atoms with Crippen molar-refractivity contribution in [2.45, 2.75) is 19.6 Å². The highest BCUT2D eigenvalue weighted by atomic mass is 35.5. The number of aromatic amines is 1. The molecule has 0 radical (unpaired) electrons. The summed E-state index contributed by atoms with van der Waals surface area (Å²) in [5, 5.41) is 9.96. The van der Waals surface area contributed by atoms with Gasteiger partial charge in [-0.3, -0.25) is 9.80 Å². The van der Waals surface area contributed by atoms with Crippen LogP contribution in [0.4, 0.5) is 5.69 Å². The number of imidazole rings is 1. The first kappa shape index (κ1) is 20.9. The van der Waals surface area contributed by atoms with Crippen molar-refractivity contribution in [3.8, 4) is 17.1 Å². The van der Waals surface area contributed by atoms with Crippen LogP contribution in [-0.4, -0.2) is 75.8 Å². The van der Waals surface area contributed by atoms with Gasteiger partial charge in [-0.2, -0.15) is 0 Å². The number of fused-ring (bicyclic) bond motifs is 1. The number of hydrogen-bond donors (Lipinski definition) is 3. The van der Waals surface area contributed by atoms with E-state index in [9.17, 15) is 5.11 Å². The van der Waals surface area contributed by atoms with Crippen LogP contribution in [0.2, 0.25) is 5.02 Å². The zero-order valence-corrected chi connectivity index (χ0v) is 18.0. The molecule has 1 fully saturated rings. The van der Waals surface area contributed by atoms with Crippen molar-refractivity contribution < 1.29 is 9.84 Å². The highest BCUT2D eigenvalue weighted by Gasteiger charge is 2.19. The maximum atomic E-state index is 9.56. The molecular formula is C21H27ClN6O2. The number of halogens is 1. The van der Waals surface area contributed by atoms with Crippen molar-refractivity contribution in [3.63, 3.8) is 0 Å². The molecule has 8 nitrogen and oxygen atoms in total. The zero-order valence-electron chi connectivity index (χ0n) is 17.2. The average Bonchev–Trinajstić information content (AvgIpc) is 3.16. The molecule has 1 aliphatic rings. The molecule has 30 heavy (non-hydrogen) atoms. The van der Waals surface area contributed by atoms with Gasteiger partial charge in [0.05, 0.1) is 35.7 Å². The number of ether oxygens (including phenoxy) is 1. The normalized spacial score (nSPS) is 16.8. The number of rotatable bonds is 6. The van der Waals surface area contributed by atoms with Gasteiger partial charge in [0, 0.05) is 39.3 Å². The number of nitrogens with zero attached hydrogens (tertiary/aromatic N) is 4. The van der Waals surface area contributed by atoms with Crippen LogP contribution in [-0.2, 0) is 6.54 Å². The Balaban J connectivity index is 1.51. The van der Waals surface area contributed by atoms with Gasteiger partial charge < -0.3 is 20.6 Å². The Morgan fingerprint density at radius 1 is 1.27 bits per heavy atom. The third-order valence-corrected chi connectivity index (χ3v) is 5.73. The number of aliphatic hydroxyl groups is 1. The summed E-state index contributed by atoms with van der Waals surface area (Å²) in [6.45, 7) is 7.31. The van der Waals surface area contributed by atoms with E-state index in [1.807, 2.05) is 13.0 Å². The number of piperazine rings is 1. The van der Waals surface area contributed by atoms with Crippen LogP contribution in [0.5, 0.6) is 5.75 Å². The summed E-state index contributed by atoms with van der Waals surface area (Å²) < 4.78 is 5.65. The van der Waals surface area contributed by atoms with Crippen LogP contribution in [0.25, 0.3) is 22.6 Å². The Bertz CT molecular complexity index is 1030. The number of β-amino-alcohol motifs (C(OH)–C–C–N with tert-alkyl or cyclic N) is 1. The first-order valence-electron chi connectivity index (χ1n) is 10.0. The SMILES string of the molecule is COc1cc(CN2CCN(CC(C)O)CC2)ccc1-c1nc2ncc(Cl)c(N)c2[nH]1. The van der Waals surface area contributed by atoms with Crippen molar-refractivity contribution in [1.29, 1.82) is 0 Å². The number of aliphatic hydroxyl groups excluding tert-OH is 1. The van der Waals surface area contributed by atoms with Crippen LogP contribution in [0.15, 0.2) is 24.4 Å². The van der Waals surface area contributed by atoms with Gasteiger partial charge in [-0.25, -0.2) is 9.97 Å². The Hall–Kier alpha value is -2.39. The molecule has 1 aromatic carbocycles. The first-order chi connectivity index (χ1) is 14.4. The summed E-state index contributed by atoms with van der Waals surface area (Å²) in [6.07, 6.45) is 1.22. The summed E-state index contributed by atoms with van der Waals surface area (Å²) in [5.74, 6) is 1.38. The molecule has 0 saturated carbocycles. The van der Waals surface area contributed by atoms with Crippen molar-refractivity contribution >= 4 is 28.5 Å². The number of nitrogens with one attached hydrogen (secondary N) is 1. The van der Waals surface area contributed by atoms with Gasteiger partial charge in [0.2, 0.25) is 0 Å². The number of H-pyrrole nitrogens is 1. The van der Waals surface area contributed by atoms with Crippen LogP contribution in [0.1, 0.15) is 12.5 Å². The fourth-order valence-electron chi connectivity index (χ4n) is 3.87. The largest absolute Gasteiger partial charge is 0.496 e. The molecule has 4 rings (SSSR count). The third-order valence-electron chi connectivity index (χ3n) is 5.43. The van der Waals surface area contributed by atoms with Gasteiger partial charge in [0.25, 0.3) is 0 Å². The second kappa shape index (κ2) is 8.77. The number of pyridine rings is 1. The molecule has 0 amide bonds. The van der Waals surface area contributed by atoms with E-state index in [0.717, 1.165) is 50.6 Å². The van der Waals surface area contributed by atoms with Crippen LogP contribution in [0.3, 0.4) is 0 Å². The molecule has 9 heteroatoms. The number of nitrogen functional groups attached to an aromatic ring is 1. The van der Waals surface area contributed by atoms with Crippen molar-refractivity contribution in [1.82, 2.24) is 24.8 Å². The maximum Gasteiger partial charge on any atom is 0.180 e. The molecule has 1 unspecified atom stereocenters. The highest BCUT2D eigenvalue weighted by molar-refractivity contribution is 6.34. The van der Waals surface area contributed by atoms with Gasteiger partial charge in [0.15, 0.2) is 5.65 Å². The average molecular weight is 431 g/mol. The van der Waals surface area contributed by atoms with Gasteiger partial charge in [-0.15, -0.1) is 0 Å². The van der Waals surface area contributed by atoms with Gasteiger partial charge in [-0.05, 0) is 24.6 Å². The number of benzene rings is 1. The minimum Gasteiger partial charge on any atom is -0.496 e. The fraction of sp³-hybridized carbons (Fsp3) is 0.429. The monoisotopic (exact) mass is 430 g/mol. The van der Waals surface area contributed by atoms with Gasteiger partial charge in [0.1, 0.15) is 17.1 Å². The van der Waals surface area contributed by atoms with Crippen molar-refractivity contribution in [3.05, 3.63) is 35.0 Å². The van der Waals surface area contributed by atoms with E-state index >= 15 is 0 Å². The minimum atomic E-state index is -0.284. The second-order valence-corrected chi connectivity index (χ2v) is 8.17. The van der Waals surface area contributed by atoms with Crippen LogP contribution < -0.4 is 10.5 Å². The summed E-state index contributed by atoms with van der Waals surface area (Å²) in [7, 11) is 1.66. The lowest BCUT2D eigenvalue weighted by Crippen LogP contribution is -2.47. The first-order valence-corrected chi connectivity index (χ1v) is 10.4. The topological polar surface area (TPSA) is 104 Å². The van der Waals surface area contributed by atoms with Crippen LogP contribution >= 0.6 is 11.6 Å². The molecule has 0 spiro atoms. The lowest BCUT2D eigenvalue weighted by Gasteiger charge is -2.35. The molecule has 3 aromatic rings. The van der Waals surface area contributed by atoms with E-state index in [0.29, 0.717) is 27.7 Å². The van der Waals surface area contributed by atoms with E-state index in [4.69, 9.17) is 22.1 Å². The molecule has 1 saturated heterocycles. The summed E-state index contributed by atoms with van der Waals surface area (Å²) in [6, 6.07) is 6.15. The Morgan fingerprint density at radius 2 is 2.00 bits per heavy atom. The standard InChI is InChI=1S/C21H27ClN6O2/c1-13(29)11-27-5-7-28(8-6-27)12-14-3-4-15(17(9-14)30-2)20-25-19-18(23)16(22)10-24-21(19)26-20/h3-4,9-10,13,29H,5-8,11-12H2,1-2H3,(H3,23,24,25,26). The lowest BCUT2D eigenvalue weighted by atomic mass is 10.1. The van der Waals surface area contributed by atoms with E-state index in [1.165, 1.54) is 11.8 Å². The number of nitrogens with two attached hydrogens (primary N) is 1. The molecule has 1 atom stereocenters. The zero-order chi connectivity index (χ0) is 21.3. The molecule has 0 aliphatic carbocycles. The van der Waals surface area contributed by atoms with Crippen LogP contribution in [0, 0.1) is 0 Å². The van der Waals surface area contributed by atoms with E-state index in [2.05, 4.69) is 36.9 Å². The Kier molecular flexibility index (Phi) is 6.10.